The number of nitrogens with zero attached hydrogens (tertiary/aromatic N) is 4. The van der Waals surface area contributed by atoms with E-state index >= 15 is 0 Å². The van der Waals surface area contributed by atoms with Crippen LogP contribution in [0.5, 0.6) is 0 Å². The number of nitriles is 1. The second kappa shape index (κ2) is 7.91. The van der Waals surface area contributed by atoms with Gasteiger partial charge in [0, 0.05) is 17.8 Å². The number of aryl methyl sites for hydroxylation is 2. The first-order valence-electron chi connectivity index (χ1n) is 8.79. The summed E-state index contributed by atoms with van der Waals surface area (Å²) in [4.78, 5) is 14.5. The highest BCUT2D eigenvalue weighted by molar-refractivity contribution is 7.18. The van der Waals surface area contributed by atoms with Crippen LogP contribution in [-0.4, -0.2) is 34.5 Å². The SMILES string of the molecule is Cc1sc2nc(CN3CCCC3)nc(NCCCCC#N)c2c1C. The number of aromatic nitrogens is 2. The van der Waals surface area contributed by atoms with Crippen LogP contribution in [0, 0.1) is 25.2 Å². The molecule has 6 heteroatoms. The van der Waals surface area contributed by atoms with E-state index in [1.165, 1.54) is 28.7 Å². The Kier molecular flexibility index (Phi) is 5.64. The van der Waals surface area contributed by atoms with Gasteiger partial charge in [0.25, 0.3) is 0 Å². The van der Waals surface area contributed by atoms with Gasteiger partial charge < -0.3 is 5.32 Å². The van der Waals surface area contributed by atoms with Crippen LogP contribution in [0.4, 0.5) is 5.82 Å². The van der Waals surface area contributed by atoms with E-state index in [9.17, 15) is 0 Å². The van der Waals surface area contributed by atoms with Crippen LogP contribution in [0.2, 0.25) is 0 Å². The standard InChI is InChI=1S/C18H25N5S/c1-13-14(2)24-18-16(13)17(20-9-5-3-4-8-19)21-15(22-18)12-23-10-6-7-11-23/h3-7,9-12H2,1-2H3,(H,20,21,22). The summed E-state index contributed by atoms with van der Waals surface area (Å²) >= 11 is 1.76. The maximum atomic E-state index is 8.64. The van der Waals surface area contributed by atoms with Gasteiger partial charge >= 0.3 is 0 Å². The fourth-order valence-electron chi connectivity index (χ4n) is 3.17. The number of hydrogen-bond donors (Lipinski definition) is 1. The van der Waals surface area contributed by atoms with E-state index in [1.807, 2.05) is 0 Å². The number of fused-ring (bicyclic) bond motifs is 1. The van der Waals surface area contributed by atoms with Gasteiger partial charge in [0.2, 0.25) is 0 Å². The zero-order valence-corrected chi connectivity index (χ0v) is 15.4. The molecule has 0 aromatic carbocycles. The van der Waals surface area contributed by atoms with E-state index in [2.05, 4.69) is 30.1 Å². The van der Waals surface area contributed by atoms with Crippen molar-refractivity contribution in [3.8, 4) is 6.07 Å². The number of hydrogen-bond acceptors (Lipinski definition) is 6. The smallest absolute Gasteiger partial charge is 0.146 e. The van der Waals surface area contributed by atoms with Gasteiger partial charge in [-0.05, 0) is 58.2 Å². The van der Waals surface area contributed by atoms with Crippen molar-refractivity contribution >= 4 is 27.4 Å². The molecule has 0 atom stereocenters. The molecule has 128 valence electrons. The third kappa shape index (κ3) is 3.85. The van der Waals surface area contributed by atoms with Crippen molar-refractivity contribution in [3.05, 3.63) is 16.3 Å². The van der Waals surface area contributed by atoms with Gasteiger partial charge in [0.15, 0.2) is 0 Å². The van der Waals surface area contributed by atoms with Gasteiger partial charge in [0.1, 0.15) is 16.5 Å². The molecule has 5 nitrogen and oxygen atoms in total. The van der Waals surface area contributed by atoms with Crippen LogP contribution in [0.1, 0.15) is 48.4 Å². The Labute approximate surface area is 147 Å². The lowest BCUT2D eigenvalue weighted by molar-refractivity contribution is 0.323. The Morgan fingerprint density at radius 2 is 2.00 bits per heavy atom. The van der Waals surface area contributed by atoms with Crippen molar-refractivity contribution < 1.29 is 0 Å². The molecule has 3 heterocycles. The fourth-order valence-corrected chi connectivity index (χ4v) is 4.22. The number of unbranched alkanes of at least 4 members (excludes halogenated alkanes) is 2. The van der Waals surface area contributed by atoms with Crippen LogP contribution in [-0.2, 0) is 6.54 Å². The molecule has 1 saturated heterocycles. The fraction of sp³-hybridized carbons (Fsp3) is 0.611. The highest BCUT2D eigenvalue weighted by atomic mass is 32.1. The van der Waals surface area contributed by atoms with Gasteiger partial charge in [-0.15, -0.1) is 11.3 Å². The van der Waals surface area contributed by atoms with E-state index in [1.54, 1.807) is 11.3 Å². The Morgan fingerprint density at radius 1 is 1.21 bits per heavy atom. The summed E-state index contributed by atoms with van der Waals surface area (Å²) in [7, 11) is 0. The summed E-state index contributed by atoms with van der Waals surface area (Å²) in [5.41, 5.74) is 1.28. The minimum Gasteiger partial charge on any atom is -0.369 e. The topological polar surface area (TPSA) is 64.8 Å². The summed E-state index contributed by atoms with van der Waals surface area (Å²) in [6.45, 7) is 8.30. The van der Waals surface area contributed by atoms with E-state index in [-0.39, 0.29) is 0 Å². The lowest BCUT2D eigenvalue weighted by atomic mass is 10.2. The van der Waals surface area contributed by atoms with Crippen molar-refractivity contribution in [1.29, 1.82) is 5.26 Å². The molecule has 0 aliphatic carbocycles. The number of anilines is 1. The molecule has 1 aliphatic rings. The summed E-state index contributed by atoms with van der Waals surface area (Å²) < 4.78 is 0. The lowest BCUT2D eigenvalue weighted by Crippen LogP contribution is -2.20. The molecule has 0 amide bonds. The second-order valence-electron chi connectivity index (χ2n) is 6.48. The molecule has 0 unspecified atom stereocenters. The first-order chi connectivity index (χ1) is 11.7. The highest BCUT2D eigenvalue weighted by Crippen LogP contribution is 2.33. The van der Waals surface area contributed by atoms with E-state index in [4.69, 9.17) is 15.2 Å². The highest BCUT2D eigenvalue weighted by Gasteiger charge is 2.17. The van der Waals surface area contributed by atoms with Gasteiger partial charge in [-0.1, -0.05) is 0 Å². The third-order valence-corrected chi connectivity index (χ3v) is 5.75. The maximum absolute atomic E-state index is 8.64. The van der Waals surface area contributed by atoms with Gasteiger partial charge in [-0.3, -0.25) is 4.90 Å². The van der Waals surface area contributed by atoms with Gasteiger partial charge in [-0.2, -0.15) is 5.26 Å². The first-order valence-corrected chi connectivity index (χ1v) is 9.60. The summed E-state index contributed by atoms with van der Waals surface area (Å²) in [6.07, 6.45) is 5.10. The van der Waals surface area contributed by atoms with Crippen molar-refractivity contribution in [2.75, 3.05) is 25.0 Å². The van der Waals surface area contributed by atoms with Crippen molar-refractivity contribution in [1.82, 2.24) is 14.9 Å². The van der Waals surface area contributed by atoms with Crippen LogP contribution in [0.25, 0.3) is 10.2 Å². The molecule has 24 heavy (non-hydrogen) atoms. The summed E-state index contributed by atoms with van der Waals surface area (Å²) in [6, 6.07) is 2.20. The predicted molar refractivity (Wildman–Crippen MR) is 99.4 cm³/mol. The molecule has 2 aromatic heterocycles. The molecular weight excluding hydrogens is 318 g/mol. The van der Waals surface area contributed by atoms with Crippen LogP contribution in [0.15, 0.2) is 0 Å². The van der Waals surface area contributed by atoms with Crippen LogP contribution < -0.4 is 5.32 Å². The largest absolute Gasteiger partial charge is 0.369 e. The normalized spacial score (nSPS) is 15.0. The molecule has 3 rings (SSSR count). The predicted octanol–water partition coefficient (Wildman–Crippen LogP) is 4.01. The van der Waals surface area contributed by atoms with Crippen molar-refractivity contribution in [2.24, 2.45) is 0 Å². The van der Waals surface area contributed by atoms with Crippen molar-refractivity contribution in [3.63, 3.8) is 0 Å². The molecule has 1 N–H and O–H groups in total. The van der Waals surface area contributed by atoms with E-state index in [0.717, 1.165) is 55.5 Å². The number of thiophene rings is 1. The molecule has 0 saturated carbocycles. The molecule has 1 fully saturated rings. The van der Waals surface area contributed by atoms with Crippen LogP contribution >= 0.6 is 11.3 Å². The summed E-state index contributed by atoms with van der Waals surface area (Å²) in [5, 5.41) is 13.3. The average Bonchev–Trinajstić information content (AvgIpc) is 3.16. The zero-order chi connectivity index (χ0) is 16.9. The minimum atomic E-state index is 0.623. The third-order valence-electron chi connectivity index (χ3n) is 4.65. The van der Waals surface area contributed by atoms with E-state index < -0.39 is 0 Å². The molecule has 0 spiro atoms. The summed E-state index contributed by atoms with van der Waals surface area (Å²) in [5.74, 6) is 1.89. The zero-order valence-electron chi connectivity index (χ0n) is 14.6. The average molecular weight is 344 g/mol. The Hall–Kier alpha value is -1.71. The molecule has 0 radical (unpaired) electrons. The lowest BCUT2D eigenvalue weighted by Gasteiger charge is -2.15. The van der Waals surface area contributed by atoms with Crippen LogP contribution in [0.3, 0.4) is 0 Å². The molecular formula is C18H25N5S. The Morgan fingerprint density at radius 3 is 2.75 bits per heavy atom. The number of likely N-dealkylation sites (tertiary alicyclic amines) is 1. The second-order valence-corrected chi connectivity index (χ2v) is 7.68. The number of nitrogens with one attached hydrogen (secondary N) is 1. The quantitative estimate of drug-likeness (QED) is 0.770. The monoisotopic (exact) mass is 343 g/mol. The first kappa shape index (κ1) is 17.1. The molecule has 2 aromatic rings. The maximum Gasteiger partial charge on any atom is 0.146 e. The molecule has 0 bridgehead atoms. The van der Waals surface area contributed by atoms with Gasteiger partial charge in [0.05, 0.1) is 18.0 Å². The molecule has 1 aliphatic heterocycles. The van der Waals surface area contributed by atoms with Gasteiger partial charge in [-0.25, -0.2) is 9.97 Å². The van der Waals surface area contributed by atoms with E-state index in [0.29, 0.717) is 6.42 Å². The number of rotatable bonds is 7. The minimum absolute atomic E-state index is 0.623. The Balaban J connectivity index is 1.81. The van der Waals surface area contributed by atoms with Crippen molar-refractivity contribution in [2.45, 2.75) is 52.5 Å². The Bertz CT molecular complexity index is 740.